The summed E-state index contributed by atoms with van der Waals surface area (Å²) < 4.78 is 11.2. The Morgan fingerprint density at radius 1 is 1.13 bits per heavy atom. The molecule has 0 fully saturated rings. The van der Waals surface area contributed by atoms with Crippen molar-refractivity contribution in [3.63, 3.8) is 0 Å². The fourth-order valence-electron chi connectivity index (χ4n) is 1.42. The maximum absolute atomic E-state index is 6.12. The molecule has 0 saturated heterocycles. The average molecular weight is 225 g/mol. The molecule has 1 atom stereocenters. The van der Waals surface area contributed by atoms with Crippen LogP contribution in [0.25, 0.3) is 0 Å². The van der Waals surface area contributed by atoms with Crippen molar-refractivity contribution in [3.8, 4) is 0 Å². The summed E-state index contributed by atoms with van der Waals surface area (Å²) in [5, 5.41) is 0. The predicted molar refractivity (Wildman–Crippen MR) is 63.8 cm³/mol. The van der Waals surface area contributed by atoms with Crippen LogP contribution >= 0.6 is 0 Å². The Balaban J connectivity index is 2.67. The van der Waals surface area contributed by atoms with E-state index in [4.69, 9.17) is 14.6 Å². The van der Waals surface area contributed by atoms with Crippen LogP contribution in [0.2, 0.25) is 0 Å². The van der Waals surface area contributed by atoms with E-state index >= 15 is 0 Å². The van der Waals surface area contributed by atoms with E-state index in [-0.39, 0.29) is 5.67 Å². The fourth-order valence-corrected chi connectivity index (χ4v) is 3.12. The van der Waals surface area contributed by atoms with Gasteiger partial charge in [-0.2, -0.15) is 0 Å². The number of rotatable bonds is 6. The molecule has 2 N–H and O–H groups in total. The molecule has 0 aromatic heterocycles. The molecule has 0 radical (unpaired) electrons. The summed E-state index contributed by atoms with van der Waals surface area (Å²) in [7, 11) is -1.78. The van der Waals surface area contributed by atoms with Gasteiger partial charge in [0.2, 0.25) is 0 Å². The molecule has 0 aliphatic heterocycles. The van der Waals surface area contributed by atoms with Crippen molar-refractivity contribution in [3.05, 3.63) is 35.9 Å². The highest BCUT2D eigenvalue weighted by atomic mass is 28.3. The van der Waals surface area contributed by atoms with Crippen LogP contribution in [0.15, 0.2) is 30.3 Å². The maximum Gasteiger partial charge on any atom is 0.343 e. The highest BCUT2D eigenvalue weighted by Crippen LogP contribution is 2.14. The van der Waals surface area contributed by atoms with Gasteiger partial charge in [-0.25, -0.2) is 0 Å². The first-order chi connectivity index (χ1) is 7.29. The number of hydrogen-bond donors (Lipinski definition) is 1. The van der Waals surface area contributed by atoms with Crippen LogP contribution in [0.5, 0.6) is 0 Å². The molecule has 1 unspecified atom stereocenters. The number of hydrogen-bond acceptors (Lipinski definition) is 3. The second kappa shape index (κ2) is 6.74. The van der Waals surface area contributed by atoms with Gasteiger partial charge in [-0.3, -0.25) is 0 Å². The lowest BCUT2D eigenvalue weighted by molar-refractivity contribution is 0.205. The van der Waals surface area contributed by atoms with Gasteiger partial charge in [0.05, 0.1) is 5.67 Å². The van der Waals surface area contributed by atoms with E-state index in [0.29, 0.717) is 13.2 Å². The zero-order valence-corrected chi connectivity index (χ0v) is 10.5. The number of nitrogens with two attached hydrogens (primary N) is 1. The van der Waals surface area contributed by atoms with Crippen LogP contribution < -0.4 is 5.73 Å². The topological polar surface area (TPSA) is 44.5 Å². The molecule has 0 amide bonds. The molecule has 0 aliphatic carbocycles. The Kier molecular flexibility index (Phi) is 5.56. The minimum atomic E-state index is -1.78. The van der Waals surface area contributed by atoms with Gasteiger partial charge in [0.1, 0.15) is 0 Å². The van der Waals surface area contributed by atoms with Crippen molar-refractivity contribution in [2.45, 2.75) is 19.5 Å². The first-order valence-electron chi connectivity index (χ1n) is 5.33. The van der Waals surface area contributed by atoms with Crippen LogP contribution in [-0.2, 0) is 8.85 Å². The van der Waals surface area contributed by atoms with E-state index in [2.05, 4.69) is 0 Å². The van der Waals surface area contributed by atoms with Gasteiger partial charge in [-0.15, -0.1) is 0 Å². The van der Waals surface area contributed by atoms with Crippen LogP contribution in [0.1, 0.15) is 25.1 Å². The van der Waals surface area contributed by atoms with Gasteiger partial charge in [-0.1, -0.05) is 30.3 Å². The van der Waals surface area contributed by atoms with E-state index < -0.39 is 9.28 Å². The van der Waals surface area contributed by atoms with Crippen LogP contribution in [-0.4, -0.2) is 22.5 Å². The summed E-state index contributed by atoms with van der Waals surface area (Å²) in [6, 6.07) is 9.98. The zero-order chi connectivity index (χ0) is 11.1. The second-order valence-corrected chi connectivity index (χ2v) is 5.34. The molecule has 1 aromatic carbocycles. The summed E-state index contributed by atoms with van der Waals surface area (Å²) in [4.78, 5) is 0. The summed E-state index contributed by atoms with van der Waals surface area (Å²) >= 11 is 0. The Morgan fingerprint density at radius 3 is 2.13 bits per heavy atom. The van der Waals surface area contributed by atoms with Crippen molar-refractivity contribution >= 4 is 9.28 Å². The van der Waals surface area contributed by atoms with Crippen LogP contribution in [0.3, 0.4) is 0 Å². The Bertz CT molecular complexity index is 263. The van der Waals surface area contributed by atoms with Gasteiger partial charge in [0, 0.05) is 13.2 Å². The van der Waals surface area contributed by atoms with Crippen molar-refractivity contribution < 1.29 is 8.85 Å². The van der Waals surface area contributed by atoms with E-state index in [9.17, 15) is 0 Å². The lowest BCUT2D eigenvalue weighted by Gasteiger charge is -2.21. The third-order valence-corrected chi connectivity index (χ3v) is 4.43. The molecule has 15 heavy (non-hydrogen) atoms. The molecule has 1 rings (SSSR count). The van der Waals surface area contributed by atoms with Crippen LogP contribution in [0.4, 0.5) is 0 Å². The Labute approximate surface area is 93.0 Å². The largest absolute Gasteiger partial charge is 0.396 e. The summed E-state index contributed by atoms with van der Waals surface area (Å²) in [6.07, 6.45) is 0. The molecule has 84 valence electrons. The predicted octanol–water partition coefficient (Wildman–Crippen LogP) is 1.52. The molecule has 0 spiro atoms. The molecule has 0 aliphatic rings. The van der Waals surface area contributed by atoms with Gasteiger partial charge in [0.25, 0.3) is 0 Å². The van der Waals surface area contributed by atoms with Crippen molar-refractivity contribution in [2.24, 2.45) is 5.73 Å². The van der Waals surface area contributed by atoms with Gasteiger partial charge < -0.3 is 14.6 Å². The van der Waals surface area contributed by atoms with Gasteiger partial charge in [-0.05, 0) is 19.4 Å². The third kappa shape index (κ3) is 3.75. The molecule has 0 bridgehead atoms. The molecule has 3 nitrogen and oxygen atoms in total. The standard InChI is InChI=1S/C11H19NO2Si/c1-3-13-15(14-4-2)11(12)10-8-6-5-7-9-10/h5-9,11,15H,3-4,12H2,1-2H3. The normalized spacial score (nSPS) is 13.1. The molecule has 4 heteroatoms. The maximum atomic E-state index is 6.12. The summed E-state index contributed by atoms with van der Waals surface area (Å²) in [6.45, 7) is 5.27. The number of benzene rings is 1. The third-order valence-electron chi connectivity index (χ3n) is 2.14. The highest BCUT2D eigenvalue weighted by Gasteiger charge is 2.23. The summed E-state index contributed by atoms with van der Waals surface area (Å²) in [5.41, 5.74) is 7.13. The lowest BCUT2D eigenvalue weighted by Crippen LogP contribution is -2.36. The van der Waals surface area contributed by atoms with Crippen molar-refractivity contribution in [1.82, 2.24) is 0 Å². The minimum Gasteiger partial charge on any atom is -0.396 e. The van der Waals surface area contributed by atoms with E-state index in [1.54, 1.807) is 0 Å². The highest BCUT2D eigenvalue weighted by molar-refractivity contribution is 6.46. The zero-order valence-electron chi connectivity index (χ0n) is 9.35. The Morgan fingerprint density at radius 2 is 1.67 bits per heavy atom. The smallest absolute Gasteiger partial charge is 0.343 e. The van der Waals surface area contributed by atoms with Crippen molar-refractivity contribution in [1.29, 1.82) is 0 Å². The first-order valence-corrected chi connectivity index (χ1v) is 6.94. The van der Waals surface area contributed by atoms with Gasteiger partial charge in [0.15, 0.2) is 0 Å². The molecule has 1 aromatic rings. The second-order valence-electron chi connectivity index (χ2n) is 3.22. The fraction of sp³-hybridized carbons (Fsp3) is 0.455. The summed E-state index contributed by atoms with van der Waals surface area (Å²) in [5.74, 6) is 0. The first kappa shape index (κ1) is 12.4. The molecule has 0 heterocycles. The van der Waals surface area contributed by atoms with Crippen LogP contribution in [0, 0.1) is 0 Å². The van der Waals surface area contributed by atoms with E-state index in [1.807, 2.05) is 44.2 Å². The van der Waals surface area contributed by atoms with E-state index in [0.717, 1.165) is 5.56 Å². The Hall–Kier alpha value is -0.683. The monoisotopic (exact) mass is 225 g/mol. The SMILES string of the molecule is CCO[SiH](OCC)C(N)c1ccccc1. The minimum absolute atomic E-state index is 0.0916. The van der Waals surface area contributed by atoms with Gasteiger partial charge >= 0.3 is 9.28 Å². The lowest BCUT2D eigenvalue weighted by atomic mass is 10.2. The molecule has 0 saturated carbocycles. The molecular weight excluding hydrogens is 206 g/mol. The quantitative estimate of drug-likeness (QED) is 0.747. The van der Waals surface area contributed by atoms with Crippen molar-refractivity contribution in [2.75, 3.05) is 13.2 Å². The molecular formula is C11H19NO2Si. The van der Waals surface area contributed by atoms with E-state index in [1.165, 1.54) is 0 Å². The average Bonchev–Trinajstić information content (AvgIpc) is 2.29.